The van der Waals surface area contributed by atoms with E-state index in [-0.39, 0.29) is 6.04 Å². The lowest BCUT2D eigenvalue weighted by atomic mass is 9.83. The van der Waals surface area contributed by atoms with Gasteiger partial charge in [-0.05, 0) is 57.2 Å². The van der Waals surface area contributed by atoms with E-state index in [4.69, 9.17) is 10.5 Å². The minimum atomic E-state index is 0.0831. The Labute approximate surface area is 121 Å². The Morgan fingerprint density at radius 2 is 2.05 bits per heavy atom. The van der Waals surface area contributed by atoms with Crippen molar-refractivity contribution in [2.24, 2.45) is 11.7 Å². The summed E-state index contributed by atoms with van der Waals surface area (Å²) in [6.07, 6.45) is 8.76. The lowest BCUT2D eigenvalue weighted by Gasteiger charge is -2.38. The molecule has 0 spiro atoms. The molecular formula is C16H25N3O. The fraction of sp³-hybridized carbons (Fsp3) is 0.688. The quantitative estimate of drug-likeness (QED) is 0.916. The van der Waals surface area contributed by atoms with Gasteiger partial charge < -0.3 is 15.4 Å². The first-order valence-electron chi connectivity index (χ1n) is 7.74. The molecule has 4 nitrogen and oxygen atoms in total. The molecule has 1 aromatic heterocycles. The van der Waals surface area contributed by atoms with Crippen molar-refractivity contribution in [3.63, 3.8) is 0 Å². The molecule has 2 aliphatic heterocycles. The van der Waals surface area contributed by atoms with Crippen LogP contribution in [0.5, 0.6) is 5.75 Å². The number of fused-ring (bicyclic) bond motifs is 2. The van der Waals surface area contributed by atoms with Gasteiger partial charge in [0.1, 0.15) is 5.75 Å². The van der Waals surface area contributed by atoms with Gasteiger partial charge in [0, 0.05) is 24.3 Å². The third-order valence-corrected chi connectivity index (χ3v) is 5.07. The van der Waals surface area contributed by atoms with E-state index in [0.29, 0.717) is 12.5 Å². The molecule has 0 aliphatic carbocycles. The molecule has 3 atom stereocenters. The first-order valence-corrected chi connectivity index (χ1v) is 7.74. The summed E-state index contributed by atoms with van der Waals surface area (Å²) in [6.45, 7) is 2.65. The van der Waals surface area contributed by atoms with Gasteiger partial charge >= 0.3 is 0 Å². The maximum Gasteiger partial charge on any atom is 0.137 e. The minimum absolute atomic E-state index is 0.0831. The number of hydrogen-bond acceptors (Lipinski definition) is 4. The van der Waals surface area contributed by atoms with Crippen LogP contribution in [-0.4, -0.2) is 35.6 Å². The van der Waals surface area contributed by atoms with Crippen LogP contribution in [0, 0.1) is 5.92 Å². The smallest absolute Gasteiger partial charge is 0.137 e. The van der Waals surface area contributed by atoms with Gasteiger partial charge in [0.15, 0.2) is 0 Å². The van der Waals surface area contributed by atoms with Crippen molar-refractivity contribution < 1.29 is 4.74 Å². The Balaban J connectivity index is 1.72. The first-order chi connectivity index (χ1) is 9.69. The molecule has 0 amide bonds. The number of hydrogen-bond donors (Lipinski definition) is 1. The van der Waals surface area contributed by atoms with E-state index >= 15 is 0 Å². The second kappa shape index (κ2) is 5.70. The number of rotatable bonds is 4. The molecule has 0 saturated carbocycles. The predicted octanol–water partition coefficient (Wildman–Crippen LogP) is 2.35. The van der Waals surface area contributed by atoms with E-state index in [2.05, 4.69) is 23.0 Å². The van der Waals surface area contributed by atoms with Crippen molar-refractivity contribution in [1.29, 1.82) is 0 Å². The Bertz CT molecular complexity index is 451. The second-order valence-electron chi connectivity index (χ2n) is 6.19. The highest BCUT2D eigenvalue weighted by molar-refractivity contribution is 5.26. The summed E-state index contributed by atoms with van der Waals surface area (Å²) in [5.74, 6) is 1.40. The summed E-state index contributed by atoms with van der Waals surface area (Å²) in [5.41, 5.74) is 7.63. The Kier molecular flexibility index (Phi) is 3.94. The molecule has 2 aliphatic rings. The molecule has 1 aromatic rings. The largest absolute Gasteiger partial charge is 0.492 e. The van der Waals surface area contributed by atoms with Crippen LogP contribution in [0.3, 0.4) is 0 Å². The van der Waals surface area contributed by atoms with E-state index in [1.165, 1.54) is 25.7 Å². The summed E-state index contributed by atoms with van der Waals surface area (Å²) in [6, 6.07) is 3.60. The van der Waals surface area contributed by atoms with Gasteiger partial charge in [-0.25, -0.2) is 0 Å². The monoisotopic (exact) mass is 275 g/mol. The summed E-state index contributed by atoms with van der Waals surface area (Å²) >= 11 is 0. The molecule has 4 heteroatoms. The molecule has 3 heterocycles. The summed E-state index contributed by atoms with van der Waals surface area (Å²) in [4.78, 5) is 6.83. The highest BCUT2D eigenvalue weighted by atomic mass is 16.5. The summed E-state index contributed by atoms with van der Waals surface area (Å²) in [7, 11) is 2.27. The molecular weight excluding hydrogens is 250 g/mol. The SMILES string of the molecule is CCOc1cncc(C(N)C2CC3CCC(C2)N3C)c1. The normalized spacial score (nSPS) is 31.2. The van der Waals surface area contributed by atoms with E-state index in [1.54, 1.807) is 6.20 Å². The van der Waals surface area contributed by atoms with Crippen LogP contribution >= 0.6 is 0 Å². The average molecular weight is 275 g/mol. The van der Waals surface area contributed by atoms with Gasteiger partial charge in [0.25, 0.3) is 0 Å². The number of nitrogens with zero attached hydrogens (tertiary/aromatic N) is 2. The fourth-order valence-corrected chi connectivity index (χ4v) is 3.88. The number of piperidine rings is 1. The first kappa shape index (κ1) is 13.8. The molecule has 20 heavy (non-hydrogen) atoms. The van der Waals surface area contributed by atoms with Crippen molar-refractivity contribution in [2.45, 2.75) is 50.7 Å². The van der Waals surface area contributed by atoms with Crippen LogP contribution in [0.15, 0.2) is 18.5 Å². The fourth-order valence-electron chi connectivity index (χ4n) is 3.88. The number of nitrogens with two attached hydrogens (primary N) is 1. The van der Waals surface area contributed by atoms with Crippen molar-refractivity contribution in [2.75, 3.05) is 13.7 Å². The molecule has 2 saturated heterocycles. The topological polar surface area (TPSA) is 51.4 Å². The van der Waals surface area contributed by atoms with E-state index in [9.17, 15) is 0 Å². The zero-order chi connectivity index (χ0) is 14.1. The third kappa shape index (κ3) is 2.54. The minimum Gasteiger partial charge on any atom is -0.492 e. The Hall–Kier alpha value is -1.13. The Morgan fingerprint density at radius 1 is 1.35 bits per heavy atom. The van der Waals surface area contributed by atoms with Gasteiger partial charge in [-0.2, -0.15) is 0 Å². The van der Waals surface area contributed by atoms with Crippen LogP contribution in [0.2, 0.25) is 0 Å². The molecule has 3 rings (SSSR count). The zero-order valence-electron chi connectivity index (χ0n) is 12.5. The standard InChI is InChI=1S/C16H25N3O/c1-3-20-15-8-12(9-18-10-15)16(17)11-6-13-4-5-14(7-11)19(13)2/h8-11,13-14,16H,3-7,17H2,1-2H3. The highest BCUT2D eigenvalue weighted by Gasteiger charge is 2.40. The van der Waals surface area contributed by atoms with Gasteiger partial charge in [0.2, 0.25) is 0 Å². The maximum atomic E-state index is 6.52. The number of ether oxygens (including phenoxy) is 1. The van der Waals surface area contributed by atoms with Crippen LogP contribution in [0.25, 0.3) is 0 Å². The molecule has 2 fully saturated rings. The van der Waals surface area contributed by atoms with Gasteiger partial charge in [0.05, 0.1) is 12.8 Å². The van der Waals surface area contributed by atoms with Crippen molar-refractivity contribution >= 4 is 0 Å². The van der Waals surface area contributed by atoms with Crippen molar-refractivity contribution in [3.05, 3.63) is 24.0 Å². The van der Waals surface area contributed by atoms with Crippen molar-refractivity contribution in [1.82, 2.24) is 9.88 Å². The average Bonchev–Trinajstić information content (AvgIpc) is 2.68. The van der Waals surface area contributed by atoms with Gasteiger partial charge in [-0.3, -0.25) is 4.98 Å². The molecule has 110 valence electrons. The lowest BCUT2D eigenvalue weighted by molar-refractivity contribution is 0.120. The lowest BCUT2D eigenvalue weighted by Crippen LogP contribution is -2.42. The van der Waals surface area contributed by atoms with Crippen molar-refractivity contribution in [3.8, 4) is 5.75 Å². The zero-order valence-corrected chi connectivity index (χ0v) is 12.5. The van der Waals surface area contributed by atoms with E-state index in [0.717, 1.165) is 23.4 Å². The predicted molar refractivity (Wildman–Crippen MR) is 79.6 cm³/mol. The third-order valence-electron chi connectivity index (χ3n) is 5.07. The van der Waals surface area contributed by atoms with E-state index < -0.39 is 0 Å². The maximum absolute atomic E-state index is 6.52. The van der Waals surface area contributed by atoms with Crippen LogP contribution in [0.1, 0.15) is 44.2 Å². The van der Waals surface area contributed by atoms with E-state index in [1.807, 2.05) is 13.1 Å². The molecule has 2 bridgehead atoms. The van der Waals surface area contributed by atoms with Gasteiger partial charge in [-0.15, -0.1) is 0 Å². The second-order valence-corrected chi connectivity index (χ2v) is 6.19. The molecule has 0 aromatic carbocycles. The number of aromatic nitrogens is 1. The van der Waals surface area contributed by atoms with Crippen LogP contribution in [-0.2, 0) is 0 Å². The number of pyridine rings is 1. The summed E-state index contributed by atoms with van der Waals surface area (Å²) < 4.78 is 5.53. The summed E-state index contributed by atoms with van der Waals surface area (Å²) in [5, 5.41) is 0. The Morgan fingerprint density at radius 3 is 2.70 bits per heavy atom. The van der Waals surface area contributed by atoms with Crippen LogP contribution < -0.4 is 10.5 Å². The molecule has 2 N–H and O–H groups in total. The molecule has 3 unspecified atom stereocenters. The van der Waals surface area contributed by atoms with Crippen LogP contribution in [0.4, 0.5) is 0 Å². The van der Waals surface area contributed by atoms with Gasteiger partial charge in [-0.1, -0.05) is 0 Å². The molecule has 0 radical (unpaired) electrons. The highest BCUT2D eigenvalue weighted by Crippen LogP contribution is 2.41.